The second-order valence-corrected chi connectivity index (χ2v) is 8.00. The first-order valence-corrected chi connectivity index (χ1v) is 9.66. The van der Waals surface area contributed by atoms with E-state index in [9.17, 15) is 9.59 Å². The molecule has 2 atom stereocenters. The lowest BCUT2D eigenvalue weighted by molar-refractivity contribution is 0.0950. The molecule has 2 heterocycles. The Hall–Kier alpha value is -2.40. The fourth-order valence-corrected chi connectivity index (χ4v) is 3.92. The number of piperidine rings is 1. The molecule has 144 valence electrons. The number of hydrogen-bond donors (Lipinski definition) is 1. The minimum atomic E-state index is -0.229. The van der Waals surface area contributed by atoms with Gasteiger partial charge in [-0.2, -0.15) is 0 Å². The van der Waals surface area contributed by atoms with Crippen LogP contribution in [0.5, 0.6) is 0 Å². The summed E-state index contributed by atoms with van der Waals surface area (Å²) in [7, 11) is 1.66. The normalized spacial score (nSPS) is 20.4. The average Bonchev–Trinajstić information content (AvgIpc) is 2.62. The maximum Gasteiger partial charge on any atom is 0.251 e. The zero-order valence-electron chi connectivity index (χ0n) is 16.4. The van der Waals surface area contributed by atoms with E-state index in [0.717, 1.165) is 23.9 Å². The van der Waals surface area contributed by atoms with Crippen molar-refractivity contribution >= 4 is 5.91 Å². The summed E-state index contributed by atoms with van der Waals surface area (Å²) in [6, 6.07) is 11.4. The van der Waals surface area contributed by atoms with Crippen LogP contribution in [0.15, 0.2) is 47.4 Å². The van der Waals surface area contributed by atoms with Gasteiger partial charge in [-0.1, -0.05) is 38.1 Å². The van der Waals surface area contributed by atoms with Crippen molar-refractivity contribution in [2.75, 3.05) is 13.1 Å². The van der Waals surface area contributed by atoms with Crippen molar-refractivity contribution in [2.45, 2.75) is 33.4 Å². The van der Waals surface area contributed by atoms with E-state index >= 15 is 0 Å². The summed E-state index contributed by atoms with van der Waals surface area (Å²) in [5.74, 6) is 1.30. The molecule has 0 aliphatic carbocycles. The third-order valence-corrected chi connectivity index (χ3v) is 5.19. The predicted octanol–water partition coefficient (Wildman–Crippen LogP) is 2.79. The highest BCUT2D eigenvalue weighted by molar-refractivity contribution is 5.93. The second kappa shape index (κ2) is 8.53. The molecule has 0 bridgehead atoms. The molecule has 0 spiro atoms. The van der Waals surface area contributed by atoms with E-state index in [1.54, 1.807) is 19.3 Å². The Balaban J connectivity index is 1.53. The van der Waals surface area contributed by atoms with Crippen LogP contribution in [0.4, 0.5) is 0 Å². The molecular weight excluding hydrogens is 338 g/mol. The number of likely N-dealkylation sites (tertiary alicyclic amines) is 1. The summed E-state index contributed by atoms with van der Waals surface area (Å²) in [4.78, 5) is 26.4. The van der Waals surface area contributed by atoms with Crippen molar-refractivity contribution in [2.24, 2.45) is 18.9 Å². The van der Waals surface area contributed by atoms with Gasteiger partial charge in [0.05, 0.1) is 0 Å². The van der Waals surface area contributed by atoms with E-state index in [1.165, 1.54) is 35.7 Å². The summed E-state index contributed by atoms with van der Waals surface area (Å²) < 4.78 is 1.44. The van der Waals surface area contributed by atoms with Crippen LogP contribution in [0.1, 0.15) is 41.8 Å². The van der Waals surface area contributed by atoms with Crippen molar-refractivity contribution in [3.8, 4) is 0 Å². The summed E-state index contributed by atoms with van der Waals surface area (Å²) in [6.45, 7) is 8.42. The van der Waals surface area contributed by atoms with Crippen molar-refractivity contribution < 1.29 is 4.79 Å². The SMILES string of the molecule is C[C@@H]1C[C@@H](C)CN(Cc2ccc(CNC(=O)c3ccn(C)c(=O)c3)cc2)C1. The monoisotopic (exact) mass is 367 g/mol. The van der Waals surface area contributed by atoms with E-state index in [1.807, 2.05) is 0 Å². The number of carbonyl (C=O) groups is 1. The zero-order valence-corrected chi connectivity index (χ0v) is 16.4. The lowest BCUT2D eigenvalue weighted by Crippen LogP contribution is -2.38. The summed E-state index contributed by atoms with van der Waals surface area (Å²) >= 11 is 0. The largest absolute Gasteiger partial charge is 0.348 e. The minimum Gasteiger partial charge on any atom is -0.348 e. The number of rotatable bonds is 5. The Bertz CT molecular complexity index is 831. The molecule has 1 N–H and O–H groups in total. The predicted molar refractivity (Wildman–Crippen MR) is 108 cm³/mol. The molecule has 3 rings (SSSR count). The number of aromatic nitrogens is 1. The van der Waals surface area contributed by atoms with Crippen LogP contribution in [-0.4, -0.2) is 28.5 Å². The van der Waals surface area contributed by atoms with Crippen LogP contribution in [0, 0.1) is 11.8 Å². The molecule has 0 unspecified atom stereocenters. The van der Waals surface area contributed by atoms with Gasteiger partial charge in [0.2, 0.25) is 0 Å². The van der Waals surface area contributed by atoms with Crippen LogP contribution in [0.3, 0.4) is 0 Å². The number of hydrogen-bond acceptors (Lipinski definition) is 3. The standard InChI is InChI=1S/C22H29N3O2/c1-16-10-17(2)14-25(13-16)15-19-6-4-18(5-7-19)12-23-22(27)20-8-9-24(3)21(26)11-20/h4-9,11,16-17H,10,12-15H2,1-3H3,(H,23,27)/t16-,17-/m1/s1. The number of carbonyl (C=O) groups excluding carboxylic acids is 1. The molecule has 1 aliphatic heterocycles. The molecule has 5 nitrogen and oxygen atoms in total. The van der Waals surface area contributed by atoms with Crippen LogP contribution in [0.25, 0.3) is 0 Å². The van der Waals surface area contributed by atoms with Crippen LogP contribution in [-0.2, 0) is 20.1 Å². The maximum atomic E-state index is 12.2. The van der Waals surface area contributed by atoms with Gasteiger partial charge in [-0.15, -0.1) is 0 Å². The Morgan fingerprint density at radius 3 is 2.33 bits per heavy atom. The van der Waals surface area contributed by atoms with Crippen LogP contribution < -0.4 is 10.9 Å². The van der Waals surface area contributed by atoms with Gasteiger partial charge in [0.15, 0.2) is 0 Å². The first-order chi connectivity index (χ1) is 12.9. The van der Waals surface area contributed by atoms with E-state index in [0.29, 0.717) is 12.1 Å². The molecule has 1 fully saturated rings. The molecule has 0 radical (unpaired) electrons. The van der Waals surface area contributed by atoms with Crippen molar-refractivity contribution in [1.82, 2.24) is 14.8 Å². The number of benzene rings is 1. The Morgan fingerprint density at radius 1 is 1.07 bits per heavy atom. The fourth-order valence-electron chi connectivity index (χ4n) is 3.92. The summed E-state index contributed by atoms with van der Waals surface area (Å²) in [6.07, 6.45) is 2.93. The van der Waals surface area contributed by atoms with Gasteiger partial charge in [0.25, 0.3) is 11.5 Å². The molecule has 1 aliphatic rings. The number of pyridine rings is 1. The van der Waals surface area contributed by atoms with E-state index in [2.05, 4.69) is 48.3 Å². The minimum absolute atomic E-state index is 0.187. The molecule has 5 heteroatoms. The Morgan fingerprint density at radius 2 is 1.70 bits per heavy atom. The van der Waals surface area contributed by atoms with E-state index in [-0.39, 0.29) is 11.5 Å². The number of aryl methyl sites for hydroxylation is 1. The van der Waals surface area contributed by atoms with Gasteiger partial charge < -0.3 is 9.88 Å². The van der Waals surface area contributed by atoms with Crippen LogP contribution >= 0.6 is 0 Å². The highest BCUT2D eigenvalue weighted by atomic mass is 16.2. The van der Waals surface area contributed by atoms with E-state index in [4.69, 9.17) is 0 Å². The lowest BCUT2D eigenvalue weighted by atomic mass is 9.91. The smallest absolute Gasteiger partial charge is 0.251 e. The fraction of sp³-hybridized carbons (Fsp3) is 0.455. The topological polar surface area (TPSA) is 54.3 Å². The molecular formula is C22H29N3O2. The molecule has 2 aromatic rings. The lowest BCUT2D eigenvalue weighted by Gasteiger charge is -2.35. The highest BCUT2D eigenvalue weighted by Gasteiger charge is 2.21. The third-order valence-electron chi connectivity index (χ3n) is 5.19. The highest BCUT2D eigenvalue weighted by Crippen LogP contribution is 2.22. The molecule has 1 aromatic carbocycles. The second-order valence-electron chi connectivity index (χ2n) is 8.00. The van der Waals surface area contributed by atoms with Crippen LogP contribution in [0.2, 0.25) is 0 Å². The molecule has 0 saturated carbocycles. The first-order valence-electron chi connectivity index (χ1n) is 9.66. The van der Waals surface area contributed by atoms with Gasteiger partial charge in [-0.25, -0.2) is 0 Å². The van der Waals surface area contributed by atoms with Gasteiger partial charge in [-0.05, 0) is 35.4 Å². The van der Waals surface area contributed by atoms with Gasteiger partial charge in [0.1, 0.15) is 0 Å². The summed E-state index contributed by atoms with van der Waals surface area (Å²) in [5, 5.41) is 2.88. The molecule has 1 amide bonds. The quantitative estimate of drug-likeness (QED) is 0.884. The maximum absolute atomic E-state index is 12.2. The van der Waals surface area contributed by atoms with Gasteiger partial charge in [-0.3, -0.25) is 14.5 Å². The average molecular weight is 367 g/mol. The van der Waals surface area contributed by atoms with Crippen molar-refractivity contribution in [1.29, 1.82) is 0 Å². The van der Waals surface area contributed by atoms with Crippen molar-refractivity contribution in [3.63, 3.8) is 0 Å². The van der Waals surface area contributed by atoms with Gasteiger partial charge in [0, 0.05) is 51.1 Å². The van der Waals surface area contributed by atoms with Crippen molar-refractivity contribution in [3.05, 3.63) is 69.6 Å². The Labute approximate surface area is 161 Å². The third kappa shape index (κ3) is 5.30. The molecule has 1 aromatic heterocycles. The first kappa shape index (κ1) is 19.4. The molecule has 27 heavy (non-hydrogen) atoms. The van der Waals surface area contributed by atoms with Gasteiger partial charge >= 0.3 is 0 Å². The number of amides is 1. The number of nitrogens with one attached hydrogen (secondary N) is 1. The van der Waals surface area contributed by atoms with E-state index < -0.39 is 0 Å². The summed E-state index contributed by atoms with van der Waals surface area (Å²) in [5.41, 5.74) is 2.56. The zero-order chi connectivity index (χ0) is 19.4. The molecule has 1 saturated heterocycles. The Kier molecular flexibility index (Phi) is 6.11. The number of nitrogens with zero attached hydrogens (tertiary/aromatic N) is 2.